The minimum absolute atomic E-state index is 0.115. The Morgan fingerprint density at radius 2 is 2.03 bits per heavy atom. The molecule has 0 aromatic heterocycles. The second-order valence-corrected chi connectivity index (χ2v) is 6.38. The van der Waals surface area contributed by atoms with Crippen molar-refractivity contribution in [1.29, 1.82) is 0 Å². The van der Waals surface area contributed by atoms with Crippen molar-refractivity contribution in [3.63, 3.8) is 0 Å². The maximum Gasteiger partial charge on any atom is 0.416 e. The fourth-order valence-corrected chi connectivity index (χ4v) is 2.89. The first-order valence-electron chi connectivity index (χ1n) is 9.12. The molecule has 0 saturated heterocycles. The first kappa shape index (κ1) is 21.4. The predicted molar refractivity (Wildman–Crippen MR) is 109 cm³/mol. The number of halogens is 3. The van der Waals surface area contributed by atoms with Crippen molar-refractivity contribution < 1.29 is 22.8 Å². The van der Waals surface area contributed by atoms with Crippen LogP contribution >= 0.6 is 0 Å². The SMILES string of the molecule is C=C(NOCc1ccccc1C(=NOC)C1=NCCN1)c1cccc(C(F)(F)F)c1. The van der Waals surface area contributed by atoms with Crippen LogP contribution in [0.15, 0.2) is 65.3 Å². The summed E-state index contributed by atoms with van der Waals surface area (Å²) in [6, 6.07) is 12.3. The van der Waals surface area contributed by atoms with Crippen molar-refractivity contribution in [2.75, 3.05) is 20.2 Å². The van der Waals surface area contributed by atoms with Gasteiger partial charge in [0.15, 0.2) is 11.5 Å². The topological polar surface area (TPSA) is 67.2 Å². The Hall–Kier alpha value is -3.33. The number of hydrogen-bond acceptors (Lipinski definition) is 6. The van der Waals surface area contributed by atoms with E-state index in [0.29, 0.717) is 18.1 Å². The highest BCUT2D eigenvalue weighted by Crippen LogP contribution is 2.30. The van der Waals surface area contributed by atoms with Gasteiger partial charge in [-0.25, -0.2) is 0 Å². The molecule has 0 unspecified atom stereocenters. The van der Waals surface area contributed by atoms with Crippen LogP contribution in [0, 0.1) is 0 Å². The normalized spacial score (nSPS) is 14.1. The summed E-state index contributed by atoms with van der Waals surface area (Å²) in [5.41, 5.74) is 4.46. The number of benzene rings is 2. The molecule has 2 aromatic carbocycles. The number of aliphatic imine (C=N–C) groups is 1. The van der Waals surface area contributed by atoms with Gasteiger partial charge in [0, 0.05) is 12.1 Å². The van der Waals surface area contributed by atoms with Gasteiger partial charge in [-0.1, -0.05) is 48.1 Å². The van der Waals surface area contributed by atoms with E-state index >= 15 is 0 Å². The Morgan fingerprint density at radius 3 is 2.73 bits per heavy atom. The number of nitrogens with one attached hydrogen (secondary N) is 2. The molecule has 0 fully saturated rings. The smallest absolute Gasteiger partial charge is 0.399 e. The molecule has 2 N–H and O–H groups in total. The molecule has 0 saturated carbocycles. The van der Waals surface area contributed by atoms with Crippen LogP contribution in [0.25, 0.3) is 5.70 Å². The zero-order valence-corrected chi connectivity index (χ0v) is 16.3. The molecule has 0 atom stereocenters. The minimum Gasteiger partial charge on any atom is -0.399 e. The van der Waals surface area contributed by atoms with E-state index in [4.69, 9.17) is 9.68 Å². The average Bonchev–Trinajstić information content (AvgIpc) is 3.26. The number of hydrogen-bond donors (Lipinski definition) is 2. The van der Waals surface area contributed by atoms with Crippen LogP contribution in [0.1, 0.15) is 22.3 Å². The van der Waals surface area contributed by atoms with Gasteiger partial charge in [-0.05, 0) is 23.3 Å². The van der Waals surface area contributed by atoms with Crippen LogP contribution < -0.4 is 10.8 Å². The van der Waals surface area contributed by atoms with Crippen molar-refractivity contribution in [2.45, 2.75) is 12.8 Å². The number of hydroxylamine groups is 1. The van der Waals surface area contributed by atoms with Crippen LogP contribution in [0.3, 0.4) is 0 Å². The van der Waals surface area contributed by atoms with Crippen molar-refractivity contribution in [2.24, 2.45) is 10.1 Å². The van der Waals surface area contributed by atoms with Crippen molar-refractivity contribution in [3.05, 3.63) is 77.4 Å². The Bertz CT molecular complexity index is 971. The van der Waals surface area contributed by atoms with E-state index in [1.54, 1.807) is 0 Å². The number of rotatable bonds is 8. The van der Waals surface area contributed by atoms with Crippen molar-refractivity contribution in [1.82, 2.24) is 10.8 Å². The summed E-state index contributed by atoms with van der Waals surface area (Å²) >= 11 is 0. The quantitative estimate of drug-likeness (QED) is 0.506. The number of nitrogens with zero attached hydrogens (tertiary/aromatic N) is 2. The van der Waals surface area contributed by atoms with E-state index in [0.717, 1.165) is 29.8 Å². The standard InChI is InChI=1S/C21H21F3N4O2/c1-14(15-7-5-8-17(12-15)21(22,23)24)27-30-13-16-6-3-4-9-18(16)19(28-29-2)20-25-10-11-26-20/h3-9,12,27H,1,10-11,13H2,2H3,(H,25,26). The molecular weight excluding hydrogens is 397 g/mol. The third-order valence-corrected chi connectivity index (χ3v) is 4.31. The number of amidine groups is 1. The van der Waals surface area contributed by atoms with Gasteiger partial charge >= 0.3 is 6.18 Å². The van der Waals surface area contributed by atoms with E-state index in [1.807, 2.05) is 24.3 Å². The van der Waals surface area contributed by atoms with Crippen LogP contribution in [0.5, 0.6) is 0 Å². The van der Waals surface area contributed by atoms with E-state index in [-0.39, 0.29) is 17.9 Å². The van der Waals surface area contributed by atoms with Crippen LogP contribution in [-0.4, -0.2) is 31.7 Å². The van der Waals surface area contributed by atoms with Crippen LogP contribution in [0.4, 0.5) is 13.2 Å². The molecule has 6 nitrogen and oxygen atoms in total. The zero-order chi connectivity index (χ0) is 21.6. The lowest BCUT2D eigenvalue weighted by Crippen LogP contribution is -2.29. The summed E-state index contributed by atoms with van der Waals surface area (Å²) in [6.07, 6.45) is -4.43. The summed E-state index contributed by atoms with van der Waals surface area (Å²) in [5.74, 6) is 0.630. The van der Waals surface area contributed by atoms with Gasteiger partial charge in [0.2, 0.25) is 0 Å². The van der Waals surface area contributed by atoms with Crippen LogP contribution in [0.2, 0.25) is 0 Å². The highest BCUT2D eigenvalue weighted by molar-refractivity contribution is 6.48. The van der Waals surface area contributed by atoms with Gasteiger partial charge in [0.25, 0.3) is 0 Å². The molecule has 158 valence electrons. The molecule has 0 bridgehead atoms. The van der Waals surface area contributed by atoms with Crippen molar-refractivity contribution in [3.8, 4) is 0 Å². The Balaban J connectivity index is 1.70. The minimum atomic E-state index is -4.43. The lowest BCUT2D eigenvalue weighted by atomic mass is 10.0. The predicted octanol–water partition coefficient (Wildman–Crippen LogP) is 3.75. The monoisotopic (exact) mass is 418 g/mol. The summed E-state index contributed by atoms with van der Waals surface area (Å²) in [5, 5.41) is 7.24. The third-order valence-electron chi connectivity index (χ3n) is 4.31. The fourth-order valence-electron chi connectivity index (χ4n) is 2.89. The summed E-state index contributed by atoms with van der Waals surface area (Å²) < 4.78 is 38.7. The zero-order valence-electron chi connectivity index (χ0n) is 16.3. The first-order valence-corrected chi connectivity index (χ1v) is 9.12. The molecular formula is C21H21F3N4O2. The molecule has 0 spiro atoms. The molecule has 1 aliphatic heterocycles. The Morgan fingerprint density at radius 1 is 1.23 bits per heavy atom. The highest BCUT2D eigenvalue weighted by Gasteiger charge is 2.30. The molecule has 1 aliphatic rings. The molecule has 1 heterocycles. The van der Waals surface area contributed by atoms with Gasteiger partial charge in [-0.2, -0.15) is 13.2 Å². The lowest BCUT2D eigenvalue weighted by molar-refractivity contribution is -0.137. The third kappa shape index (κ3) is 5.18. The number of oxime groups is 1. The summed E-state index contributed by atoms with van der Waals surface area (Å²) in [6.45, 7) is 5.23. The molecule has 0 amide bonds. The largest absolute Gasteiger partial charge is 0.416 e. The maximum absolute atomic E-state index is 12.9. The van der Waals surface area contributed by atoms with E-state index < -0.39 is 11.7 Å². The van der Waals surface area contributed by atoms with Gasteiger partial charge in [-0.15, -0.1) is 0 Å². The fraction of sp³-hybridized carbons (Fsp3) is 0.238. The summed E-state index contributed by atoms with van der Waals surface area (Å²) in [4.78, 5) is 14.9. The highest BCUT2D eigenvalue weighted by atomic mass is 19.4. The van der Waals surface area contributed by atoms with E-state index in [1.165, 1.54) is 19.2 Å². The average molecular weight is 418 g/mol. The second-order valence-electron chi connectivity index (χ2n) is 6.38. The van der Waals surface area contributed by atoms with E-state index in [2.05, 4.69) is 27.5 Å². The van der Waals surface area contributed by atoms with E-state index in [9.17, 15) is 13.2 Å². The Kier molecular flexibility index (Phi) is 6.73. The van der Waals surface area contributed by atoms with Gasteiger partial charge < -0.3 is 10.2 Å². The van der Waals surface area contributed by atoms with Gasteiger partial charge in [0.1, 0.15) is 13.7 Å². The maximum atomic E-state index is 12.9. The Labute approximate surface area is 172 Å². The van der Waals surface area contributed by atoms with Gasteiger partial charge in [0.05, 0.1) is 17.8 Å². The molecule has 30 heavy (non-hydrogen) atoms. The van der Waals surface area contributed by atoms with Gasteiger partial charge in [-0.3, -0.25) is 15.3 Å². The lowest BCUT2D eigenvalue weighted by Gasteiger charge is -2.15. The molecule has 0 radical (unpaired) electrons. The first-order chi connectivity index (χ1) is 14.4. The molecule has 3 rings (SSSR count). The molecule has 2 aromatic rings. The summed E-state index contributed by atoms with van der Waals surface area (Å²) in [7, 11) is 1.45. The molecule has 9 heteroatoms. The molecule has 0 aliphatic carbocycles. The van der Waals surface area contributed by atoms with Crippen LogP contribution in [-0.2, 0) is 22.5 Å². The van der Waals surface area contributed by atoms with Crippen molar-refractivity contribution >= 4 is 17.2 Å². The second kappa shape index (κ2) is 9.45. The number of alkyl halides is 3.